The number of rotatable bonds is 19. The summed E-state index contributed by atoms with van der Waals surface area (Å²) in [6, 6.07) is 103. The molecule has 19 nitrogen and oxygen atoms in total. The van der Waals surface area contributed by atoms with Gasteiger partial charge in [0.25, 0.3) is 0 Å². The lowest BCUT2D eigenvalue weighted by Crippen LogP contribution is -2.28. The minimum Gasteiger partial charge on any atom is -0.744 e. The van der Waals surface area contributed by atoms with Gasteiger partial charge in [-0.05, 0) is 287 Å². The predicted molar refractivity (Wildman–Crippen MR) is 524 cm³/mol. The molecule has 0 saturated carbocycles. The summed E-state index contributed by atoms with van der Waals surface area (Å²) < 4.78 is 295. The van der Waals surface area contributed by atoms with Gasteiger partial charge in [0.05, 0.1) is 58.6 Å². The first kappa shape index (κ1) is 111. The average molecular weight is 2490 g/mol. The quantitative estimate of drug-likeness (QED) is 0.0144. The first-order valence-corrected chi connectivity index (χ1v) is 51.6. The molecule has 15 rings (SSSR count). The number of anilines is 1. The van der Waals surface area contributed by atoms with Crippen molar-refractivity contribution in [3.8, 4) is 23.0 Å². The molecule has 0 aliphatic rings. The molecule has 1 amide bonds. The molecule has 0 fully saturated rings. The molecule has 0 atom stereocenters. The van der Waals surface area contributed by atoms with Crippen LogP contribution < -0.4 is 19.5 Å². The van der Waals surface area contributed by atoms with Gasteiger partial charge in [-0.1, -0.05) is 146 Å². The summed E-state index contributed by atoms with van der Waals surface area (Å²) in [7, 11) is -17.9. The zero-order valence-corrected chi connectivity index (χ0v) is 84.9. The van der Waals surface area contributed by atoms with E-state index in [0.29, 0.717) is 7.14 Å². The van der Waals surface area contributed by atoms with Crippen molar-refractivity contribution in [3.63, 3.8) is 0 Å². The molecule has 0 aromatic heterocycles. The van der Waals surface area contributed by atoms with E-state index in [2.05, 4.69) is 226 Å². The van der Waals surface area contributed by atoms with E-state index < -0.39 is 173 Å². The number of halogens is 17. The van der Waals surface area contributed by atoms with E-state index in [1.54, 1.807) is 88.5 Å². The number of phenolic OH excluding ortho intramolecular Hbond substituents is 1. The normalized spacial score (nSPS) is 11.2. The molecule has 140 heavy (non-hydrogen) atoms. The van der Waals surface area contributed by atoms with Crippen LogP contribution in [0.25, 0.3) is 0 Å². The number of aromatic hydroxyl groups is 1. The van der Waals surface area contributed by atoms with Crippen LogP contribution in [0.2, 0.25) is 0 Å². The molecule has 0 heterocycles. The number of carbonyl (C=O) groups is 4. The third-order valence-corrected chi connectivity index (χ3v) is 30.3. The zero-order valence-electron chi connectivity index (χ0n) is 71.4. The highest BCUT2D eigenvalue weighted by Crippen LogP contribution is 2.41. The van der Waals surface area contributed by atoms with Gasteiger partial charge >= 0.3 is 24.0 Å². The Morgan fingerprint density at radius 1 is 0.307 bits per heavy atom. The maximum absolute atomic E-state index is 14.2. The summed E-state index contributed by atoms with van der Waals surface area (Å²) in [6.07, 6.45) is -0.991. The Morgan fingerprint density at radius 2 is 0.557 bits per heavy atom. The van der Waals surface area contributed by atoms with E-state index >= 15 is 0 Å². The predicted octanol–water partition coefficient (Wildman–Crippen LogP) is 25.1. The maximum Gasteiger partial charge on any atom is 0.412 e. The van der Waals surface area contributed by atoms with Crippen molar-refractivity contribution in [1.29, 1.82) is 0 Å². The highest BCUT2D eigenvalue weighted by Gasteiger charge is 2.38. The topological polar surface area (TPSA) is 309 Å². The van der Waals surface area contributed by atoms with Gasteiger partial charge in [0.2, 0.25) is 52.2 Å². The summed E-state index contributed by atoms with van der Waals surface area (Å²) in [5, 5.41) is 11.7. The number of benzene rings is 15. The molecular formula is C98H64F13I4NO18S6. The molecule has 0 bridgehead atoms. The third-order valence-electron chi connectivity index (χ3n) is 17.9. The molecule has 0 saturated heterocycles. The minimum absolute atomic E-state index is 0.0146. The molecule has 15 aromatic carbocycles. The SMILES string of the molecule is CC(C)(C)OC(=O)Nc1c(I)cc(I)cc1C(=O)Oc1c(F)c(F)c(S(=O)(=O)[O-])c(F)c1F.Fc1ccc([S+](c2ccccc2)c2ccccc2)cc1.O=C(Oc1c(F)c(F)c(S(=O)(=O)[O-])c(F)c1F)c1ccc(I)c(O)c1.O=C(Oc1c(F)c(F)c(S(=O)(=O)[O-])c(F)c1F)c1ccc(I)cc1.c1ccc([S+](c2ccccc2)c2ccccc2)cc1.c1ccc([S+](c2ccccc2)c2ccccc2)cc1. The van der Waals surface area contributed by atoms with Gasteiger partial charge in [-0.2, -0.15) is 26.3 Å². The number of esters is 3. The second kappa shape index (κ2) is 49.8. The number of hydrogen-bond donors (Lipinski definition) is 2. The third kappa shape index (κ3) is 29.4. The molecule has 0 unspecified atom stereocenters. The monoisotopic (exact) mass is 2490 g/mol. The fraction of sp³-hybridized carbons (Fsp3) is 0.0408. The summed E-state index contributed by atoms with van der Waals surface area (Å²) in [5.74, 6) is -39.9. The fourth-order valence-corrected chi connectivity index (χ4v) is 22.7. The molecule has 0 spiro atoms. The van der Waals surface area contributed by atoms with Gasteiger partial charge in [0, 0.05) is 10.7 Å². The Labute approximate surface area is 855 Å². The number of carbonyl (C=O) groups excluding carboxylic acids is 4. The average Bonchev–Trinajstić information content (AvgIpc) is 0.761. The van der Waals surface area contributed by atoms with Crippen LogP contribution in [-0.4, -0.2) is 73.6 Å². The van der Waals surface area contributed by atoms with Crippen molar-refractivity contribution in [1.82, 2.24) is 0 Å². The Balaban J connectivity index is 0.000000175. The van der Waals surface area contributed by atoms with E-state index in [9.17, 15) is 120 Å². The van der Waals surface area contributed by atoms with Crippen LogP contribution in [0.1, 0.15) is 51.8 Å². The van der Waals surface area contributed by atoms with Crippen LogP contribution in [0.3, 0.4) is 0 Å². The number of phenols is 1. The Kier molecular flexibility index (Phi) is 39.3. The molecule has 15 aromatic rings. The van der Waals surface area contributed by atoms with E-state index in [-0.39, 0.29) is 59.1 Å². The summed E-state index contributed by atoms with van der Waals surface area (Å²) in [5.41, 5.74) is -2.19. The van der Waals surface area contributed by atoms with Gasteiger partial charge in [0.1, 0.15) is 62.2 Å². The van der Waals surface area contributed by atoms with E-state index in [1.807, 2.05) is 71.1 Å². The number of nitrogens with one attached hydrogen (secondary N) is 1. The van der Waals surface area contributed by atoms with Crippen molar-refractivity contribution in [2.45, 2.75) is 85.1 Å². The molecule has 724 valence electrons. The largest absolute Gasteiger partial charge is 0.744 e. The number of hydrogen-bond acceptors (Lipinski definition) is 18. The summed E-state index contributed by atoms with van der Waals surface area (Å²) >= 11 is 7.14. The highest BCUT2D eigenvalue weighted by atomic mass is 127. The molecule has 42 heteroatoms. The van der Waals surface area contributed by atoms with E-state index in [4.69, 9.17) is 4.74 Å². The number of ether oxygens (including phenoxy) is 4. The van der Waals surface area contributed by atoms with Crippen molar-refractivity contribution in [2.75, 3.05) is 5.32 Å². The lowest BCUT2D eigenvalue weighted by molar-refractivity contribution is 0.0633. The Morgan fingerprint density at radius 3 is 0.814 bits per heavy atom. The van der Waals surface area contributed by atoms with Crippen molar-refractivity contribution >= 4 is 183 Å². The van der Waals surface area contributed by atoms with Gasteiger partial charge in [-0.15, -0.1) is 0 Å². The van der Waals surface area contributed by atoms with Crippen molar-refractivity contribution in [2.24, 2.45) is 0 Å². The lowest BCUT2D eigenvalue weighted by atomic mass is 10.1. The first-order chi connectivity index (χ1) is 66.2. The van der Waals surface area contributed by atoms with Gasteiger partial charge in [0.15, 0.2) is 79.0 Å². The highest BCUT2D eigenvalue weighted by molar-refractivity contribution is 14.1. The molecule has 0 aliphatic heterocycles. The van der Waals surface area contributed by atoms with Gasteiger partial charge in [-0.25, -0.2) is 75.2 Å². The summed E-state index contributed by atoms with van der Waals surface area (Å²) in [4.78, 5) is 53.0. The second-order valence-electron chi connectivity index (χ2n) is 28.8. The summed E-state index contributed by atoms with van der Waals surface area (Å²) in [6.45, 7) is 4.71. The van der Waals surface area contributed by atoms with Gasteiger partial charge in [-0.3, -0.25) is 5.32 Å². The maximum atomic E-state index is 14.2. The van der Waals surface area contributed by atoms with Crippen LogP contribution in [-0.2, 0) is 67.8 Å². The molecular weight excluding hydrogens is 2430 g/mol. The fourth-order valence-electron chi connectivity index (χ4n) is 11.9. The van der Waals surface area contributed by atoms with Crippen molar-refractivity contribution in [3.05, 3.63) is 428 Å². The van der Waals surface area contributed by atoms with E-state index in [1.165, 1.54) is 87.7 Å². The van der Waals surface area contributed by atoms with E-state index in [0.717, 1.165) is 26.7 Å². The van der Waals surface area contributed by atoms with Crippen LogP contribution in [0, 0.1) is 89.9 Å². The second-order valence-corrected chi connectivity index (χ2v) is 43.6. The van der Waals surface area contributed by atoms with Gasteiger partial charge < -0.3 is 37.7 Å². The standard InChI is InChI=1S/C18H13F4I2NO7S.C18H14FS.2C18H15S.C13H5F4IO6S.C13H5F4IO5S/c1-18(2,3)32-17(27)25-13-7(4-6(23)5-8(13)24)16(26)31-14-9(19)11(21)15(33(28,29)30)12(22)10(14)20;19-15-11-13-18(14-12-15)20(16-7-3-1-4-8-16)17-9-5-2-6-10-17;2*1-4-10-16(11-5-1)19(17-12-6-2-7-13-17)18-14-8-3-9-15-18;14-7-9(16)12(25(21,22)23)10(17)8(15)11(7)24-13(20)4-1-2-5(18)6(19)3-4;14-7-9(16)12(24(20,21)22)10(17)8(15)11(7)23-13(19)5-1-3-6(18)4-2-5/h4-5H,1-3H3,(H,25,27)(H,28,29,30);1-14H;2*1-15H;1-3,19H,(H,21,22,23);1-4H,(H,20,21,22)/q;3*+1;;/p-3. The molecule has 2 N–H and O–H groups in total. The Hall–Kier alpha value is -11.4. The van der Waals surface area contributed by atoms with Crippen molar-refractivity contribution < 1.29 is 139 Å². The smallest absolute Gasteiger partial charge is 0.412 e. The van der Waals surface area contributed by atoms with Crippen LogP contribution in [0.15, 0.2) is 380 Å². The zero-order chi connectivity index (χ0) is 102. The molecule has 0 aliphatic carbocycles. The van der Waals surface area contributed by atoms with Crippen LogP contribution in [0.5, 0.6) is 23.0 Å². The molecule has 0 radical (unpaired) electrons. The Bertz CT molecular complexity index is 6910. The minimum atomic E-state index is -5.94. The van der Waals surface area contributed by atoms with Crippen LogP contribution >= 0.6 is 90.4 Å². The first-order valence-electron chi connectivity index (χ1n) is 39.4. The van der Waals surface area contributed by atoms with Crippen LogP contribution in [0.4, 0.5) is 67.6 Å². The lowest BCUT2D eigenvalue weighted by Gasteiger charge is -2.21. The number of amides is 1.